The molecule has 0 aromatic heterocycles. The van der Waals surface area contributed by atoms with Crippen LogP contribution >= 0.6 is 24.0 Å². The lowest BCUT2D eigenvalue weighted by Crippen LogP contribution is -2.40. The molecule has 9 heteroatoms. The first-order valence-corrected chi connectivity index (χ1v) is 12.6. The van der Waals surface area contributed by atoms with Gasteiger partial charge in [0.05, 0.1) is 18.0 Å². The van der Waals surface area contributed by atoms with Gasteiger partial charge in [-0.2, -0.15) is 4.31 Å². The molecule has 1 heterocycles. The number of halogens is 1. The summed E-state index contributed by atoms with van der Waals surface area (Å²) in [6.07, 6.45) is 5.60. The zero-order chi connectivity index (χ0) is 21.4. The number of piperidine rings is 1. The largest absolute Gasteiger partial charge is 0.379 e. The van der Waals surface area contributed by atoms with Gasteiger partial charge in [0.1, 0.15) is 0 Å². The van der Waals surface area contributed by atoms with Crippen molar-refractivity contribution in [3.63, 3.8) is 0 Å². The highest BCUT2D eigenvalue weighted by molar-refractivity contribution is 14.0. The molecule has 0 radical (unpaired) electrons. The minimum atomic E-state index is -3.38. The van der Waals surface area contributed by atoms with E-state index in [-0.39, 0.29) is 24.0 Å². The number of ether oxygens (including phenoxy) is 1. The number of rotatable bonds is 10. The third kappa shape index (κ3) is 8.18. The third-order valence-electron chi connectivity index (χ3n) is 5.61. The van der Waals surface area contributed by atoms with Crippen LogP contribution in [0, 0.1) is 5.92 Å². The highest BCUT2D eigenvalue weighted by Crippen LogP contribution is 2.28. The average molecular weight is 565 g/mol. The van der Waals surface area contributed by atoms with E-state index >= 15 is 0 Å². The van der Waals surface area contributed by atoms with Gasteiger partial charge in [-0.05, 0) is 56.2 Å². The number of hydrogen-bond acceptors (Lipinski definition) is 4. The van der Waals surface area contributed by atoms with Crippen molar-refractivity contribution in [2.75, 3.05) is 46.4 Å². The summed E-state index contributed by atoms with van der Waals surface area (Å²) in [4.78, 5) is 7.15. The second-order valence-electron chi connectivity index (χ2n) is 8.22. The highest BCUT2D eigenvalue weighted by Gasteiger charge is 2.25. The molecule has 1 aliphatic carbocycles. The lowest BCUT2D eigenvalue weighted by Gasteiger charge is -2.25. The number of sulfonamides is 1. The van der Waals surface area contributed by atoms with Crippen LogP contribution in [-0.2, 0) is 21.3 Å². The van der Waals surface area contributed by atoms with Gasteiger partial charge in [0.15, 0.2) is 5.96 Å². The average Bonchev–Trinajstić information content (AvgIpc) is 3.59. The molecular weight excluding hydrogens is 527 g/mol. The van der Waals surface area contributed by atoms with Crippen LogP contribution < -0.4 is 5.32 Å². The Morgan fingerprint density at radius 1 is 1.19 bits per heavy atom. The Labute approximate surface area is 204 Å². The minimum absolute atomic E-state index is 0. The Hall–Kier alpha value is -0.910. The Bertz CT molecular complexity index is 791. The summed E-state index contributed by atoms with van der Waals surface area (Å²) in [5.41, 5.74) is 0.987. The van der Waals surface area contributed by atoms with Crippen molar-refractivity contribution in [1.29, 1.82) is 0 Å². The van der Waals surface area contributed by atoms with E-state index in [0.29, 0.717) is 31.1 Å². The van der Waals surface area contributed by atoms with Crippen LogP contribution in [0.4, 0.5) is 0 Å². The molecule has 1 saturated heterocycles. The van der Waals surface area contributed by atoms with E-state index < -0.39 is 10.0 Å². The number of hydrogen-bond donors (Lipinski definition) is 1. The number of likely N-dealkylation sites (N-methyl/N-ethyl adjacent to an activating group) is 1. The van der Waals surface area contributed by atoms with Gasteiger partial charge in [0.25, 0.3) is 0 Å². The molecule has 176 valence electrons. The molecule has 0 atom stereocenters. The van der Waals surface area contributed by atoms with Crippen LogP contribution in [0.2, 0.25) is 0 Å². The van der Waals surface area contributed by atoms with Crippen molar-refractivity contribution in [1.82, 2.24) is 14.5 Å². The summed E-state index contributed by atoms with van der Waals surface area (Å²) in [6.45, 7) is 6.93. The highest BCUT2D eigenvalue weighted by atomic mass is 127. The topological polar surface area (TPSA) is 74.2 Å². The second kappa shape index (κ2) is 13.0. The summed E-state index contributed by atoms with van der Waals surface area (Å²) >= 11 is 0. The number of aliphatic imine (C=N–C) groups is 1. The van der Waals surface area contributed by atoms with Gasteiger partial charge in [-0.15, -0.1) is 24.0 Å². The normalized spacial score (nSPS) is 17.8. The van der Waals surface area contributed by atoms with Crippen LogP contribution in [0.3, 0.4) is 0 Å². The van der Waals surface area contributed by atoms with Crippen LogP contribution in [0.5, 0.6) is 0 Å². The van der Waals surface area contributed by atoms with Crippen LogP contribution in [0.15, 0.2) is 34.2 Å². The Balaban J connectivity index is 0.00000341. The first kappa shape index (κ1) is 26.3. The van der Waals surface area contributed by atoms with Crippen molar-refractivity contribution in [3.8, 4) is 0 Å². The smallest absolute Gasteiger partial charge is 0.243 e. The van der Waals surface area contributed by atoms with E-state index in [9.17, 15) is 8.42 Å². The summed E-state index contributed by atoms with van der Waals surface area (Å²) in [5.74, 6) is 1.61. The predicted molar refractivity (Wildman–Crippen MR) is 135 cm³/mol. The van der Waals surface area contributed by atoms with Crippen molar-refractivity contribution < 1.29 is 13.2 Å². The van der Waals surface area contributed by atoms with E-state index in [1.807, 2.05) is 26.1 Å². The molecule has 3 rings (SSSR count). The van der Waals surface area contributed by atoms with Gasteiger partial charge in [0.2, 0.25) is 10.0 Å². The summed E-state index contributed by atoms with van der Waals surface area (Å²) in [7, 11) is -1.37. The molecule has 1 aromatic rings. The Morgan fingerprint density at radius 2 is 1.87 bits per heavy atom. The van der Waals surface area contributed by atoms with Gasteiger partial charge in [-0.25, -0.2) is 13.4 Å². The third-order valence-corrected chi connectivity index (χ3v) is 7.52. The lowest BCUT2D eigenvalue weighted by atomic mass is 10.2. The fourth-order valence-electron chi connectivity index (χ4n) is 3.50. The van der Waals surface area contributed by atoms with E-state index in [1.54, 1.807) is 16.4 Å². The maximum Gasteiger partial charge on any atom is 0.243 e. The first-order chi connectivity index (χ1) is 14.5. The molecule has 1 aromatic carbocycles. The molecule has 2 fully saturated rings. The SMILES string of the molecule is CCNC(=NCc1ccc(S(=O)(=O)N2CCCCC2)cc1)N(C)CCOCC1CC1.I. The number of nitrogens with one attached hydrogen (secondary N) is 1. The quantitative estimate of drug-likeness (QED) is 0.204. The predicted octanol–water partition coefficient (Wildman–Crippen LogP) is 3.30. The Morgan fingerprint density at radius 3 is 2.48 bits per heavy atom. The molecule has 31 heavy (non-hydrogen) atoms. The number of guanidine groups is 1. The fourth-order valence-corrected chi connectivity index (χ4v) is 5.02. The minimum Gasteiger partial charge on any atom is -0.379 e. The van der Waals surface area contributed by atoms with Gasteiger partial charge in [-0.1, -0.05) is 18.6 Å². The zero-order valence-electron chi connectivity index (χ0n) is 18.8. The van der Waals surface area contributed by atoms with Crippen LogP contribution in [0.25, 0.3) is 0 Å². The van der Waals surface area contributed by atoms with E-state index in [1.165, 1.54) is 12.8 Å². The monoisotopic (exact) mass is 564 g/mol. The molecule has 1 N–H and O–H groups in total. The fraction of sp³-hybridized carbons (Fsp3) is 0.682. The molecule has 2 aliphatic rings. The van der Waals surface area contributed by atoms with Crippen molar-refractivity contribution in [2.24, 2.45) is 10.9 Å². The summed E-state index contributed by atoms with van der Waals surface area (Å²) < 4.78 is 32.9. The van der Waals surface area contributed by atoms with Gasteiger partial charge < -0.3 is 15.0 Å². The lowest BCUT2D eigenvalue weighted by molar-refractivity contribution is 0.115. The van der Waals surface area contributed by atoms with Crippen molar-refractivity contribution in [3.05, 3.63) is 29.8 Å². The van der Waals surface area contributed by atoms with Crippen LogP contribution in [0.1, 0.15) is 44.6 Å². The molecule has 0 bridgehead atoms. The van der Waals surface area contributed by atoms with E-state index in [4.69, 9.17) is 9.73 Å². The van der Waals surface area contributed by atoms with Crippen molar-refractivity contribution >= 4 is 40.0 Å². The van der Waals surface area contributed by atoms with Crippen LogP contribution in [-0.4, -0.2) is 70.0 Å². The standard InChI is InChI=1S/C22H36N4O3S.HI/c1-3-23-22(25(2)15-16-29-18-20-7-8-20)24-17-19-9-11-21(12-10-19)30(27,28)26-13-5-4-6-14-26;/h9-12,20H,3-8,13-18H2,1-2H3,(H,23,24);1H. The Kier molecular flexibility index (Phi) is 11.0. The van der Waals surface area contributed by atoms with Crippen molar-refractivity contribution in [2.45, 2.75) is 50.5 Å². The maximum absolute atomic E-state index is 12.8. The zero-order valence-corrected chi connectivity index (χ0v) is 21.9. The van der Waals surface area contributed by atoms with Gasteiger partial charge in [0, 0.05) is 39.8 Å². The van der Waals surface area contributed by atoms with E-state index in [0.717, 1.165) is 56.4 Å². The number of benzene rings is 1. The van der Waals surface area contributed by atoms with E-state index in [2.05, 4.69) is 10.2 Å². The molecular formula is C22H37IN4O3S. The molecule has 0 unspecified atom stereocenters. The molecule has 0 spiro atoms. The van der Waals surface area contributed by atoms with Gasteiger partial charge >= 0.3 is 0 Å². The molecule has 1 aliphatic heterocycles. The molecule has 0 amide bonds. The van der Waals surface area contributed by atoms with Gasteiger partial charge in [-0.3, -0.25) is 0 Å². The summed E-state index contributed by atoms with van der Waals surface area (Å²) in [6, 6.07) is 7.14. The summed E-state index contributed by atoms with van der Waals surface area (Å²) in [5, 5.41) is 3.31. The number of nitrogens with zero attached hydrogens (tertiary/aromatic N) is 3. The molecule has 1 saturated carbocycles. The maximum atomic E-state index is 12.8. The first-order valence-electron chi connectivity index (χ1n) is 11.2. The second-order valence-corrected chi connectivity index (χ2v) is 10.2. The molecule has 7 nitrogen and oxygen atoms in total.